The molecule has 112 valence electrons. The molecule has 0 spiro atoms. The van der Waals surface area contributed by atoms with Crippen LogP contribution in [0.1, 0.15) is 5.56 Å². The fourth-order valence-corrected chi connectivity index (χ4v) is 3.75. The van der Waals surface area contributed by atoms with Crippen LogP contribution in [0, 0.1) is 0 Å². The zero-order chi connectivity index (χ0) is 15.8. The van der Waals surface area contributed by atoms with Crippen LogP contribution < -0.4 is 11.1 Å². The first-order valence-electron chi connectivity index (χ1n) is 5.64. The van der Waals surface area contributed by atoms with E-state index in [4.69, 9.17) is 29.6 Å². The SMILES string of the molecule is NC(=S)c1ccc(Cl)c(S(=O)(=O)N2CC(=O)NC(=O)C2)c1. The summed E-state index contributed by atoms with van der Waals surface area (Å²) in [6.07, 6.45) is 0. The first-order chi connectivity index (χ1) is 9.71. The normalized spacial score (nSPS) is 16.6. The van der Waals surface area contributed by atoms with Crippen LogP contribution in [0.5, 0.6) is 0 Å². The Kier molecular flexibility index (Phi) is 4.28. The molecule has 21 heavy (non-hydrogen) atoms. The second-order valence-corrected chi connectivity index (χ2v) is 7.01. The van der Waals surface area contributed by atoms with Crippen molar-refractivity contribution < 1.29 is 18.0 Å². The zero-order valence-electron chi connectivity index (χ0n) is 10.5. The number of carbonyl (C=O) groups excluding carboxylic acids is 2. The molecule has 1 aromatic carbocycles. The highest BCUT2D eigenvalue weighted by Gasteiger charge is 2.34. The summed E-state index contributed by atoms with van der Waals surface area (Å²) in [6.45, 7) is -0.913. The Bertz CT molecular complexity index is 732. The summed E-state index contributed by atoms with van der Waals surface area (Å²) in [6, 6.07) is 4.05. The number of rotatable bonds is 3. The monoisotopic (exact) mass is 347 g/mol. The lowest BCUT2D eigenvalue weighted by Gasteiger charge is -2.25. The van der Waals surface area contributed by atoms with Gasteiger partial charge in [0.2, 0.25) is 21.8 Å². The third kappa shape index (κ3) is 3.21. The summed E-state index contributed by atoms with van der Waals surface area (Å²) >= 11 is 10.7. The maximum Gasteiger partial charge on any atom is 0.245 e. The van der Waals surface area contributed by atoms with Gasteiger partial charge in [0.25, 0.3) is 0 Å². The summed E-state index contributed by atoms with van der Waals surface area (Å²) in [5.41, 5.74) is 5.78. The molecule has 0 unspecified atom stereocenters. The summed E-state index contributed by atoms with van der Waals surface area (Å²) in [4.78, 5) is 22.4. The minimum absolute atomic E-state index is 0.00980. The maximum absolute atomic E-state index is 12.5. The molecule has 0 aliphatic carbocycles. The van der Waals surface area contributed by atoms with Crippen molar-refractivity contribution in [3.05, 3.63) is 28.8 Å². The molecule has 0 radical (unpaired) electrons. The quantitative estimate of drug-likeness (QED) is 0.570. The van der Waals surface area contributed by atoms with Gasteiger partial charge < -0.3 is 5.73 Å². The standard InChI is InChI=1S/C11H10ClN3O4S2/c12-7-2-1-6(11(13)20)3-8(7)21(18,19)15-4-9(16)14-10(17)5-15/h1-3H,4-5H2,(H2,13,20)(H,14,16,17). The number of piperazine rings is 1. The van der Waals surface area contributed by atoms with Crippen molar-refractivity contribution in [1.82, 2.24) is 9.62 Å². The van der Waals surface area contributed by atoms with E-state index < -0.39 is 34.9 Å². The van der Waals surface area contributed by atoms with Crippen LogP contribution >= 0.6 is 23.8 Å². The smallest absolute Gasteiger partial charge is 0.245 e. The predicted molar refractivity (Wildman–Crippen MR) is 79.2 cm³/mol. The summed E-state index contributed by atoms with van der Waals surface area (Å²) in [5.74, 6) is -1.40. The maximum atomic E-state index is 12.5. The van der Waals surface area contributed by atoms with Gasteiger partial charge in [-0.2, -0.15) is 4.31 Å². The van der Waals surface area contributed by atoms with Crippen molar-refractivity contribution in [3.63, 3.8) is 0 Å². The Hall–Kier alpha value is -1.55. The molecule has 2 rings (SSSR count). The highest BCUT2D eigenvalue weighted by molar-refractivity contribution is 7.89. The number of hydrogen-bond donors (Lipinski definition) is 2. The summed E-state index contributed by atoms with van der Waals surface area (Å²) in [7, 11) is -4.11. The first-order valence-corrected chi connectivity index (χ1v) is 7.86. The predicted octanol–water partition coefficient (Wildman–Crippen LogP) is -0.379. The van der Waals surface area contributed by atoms with Crippen LogP contribution in [-0.4, -0.2) is 42.6 Å². The van der Waals surface area contributed by atoms with E-state index in [1.807, 2.05) is 5.32 Å². The van der Waals surface area contributed by atoms with Crippen molar-refractivity contribution in [2.75, 3.05) is 13.1 Å². The third-order valence-corrected chi connectivity index (χ3v) is 5.26. The van der Waals surface area contributed by atoms with Crippen LogP contribution in [-0.2, 0) is 19.6 Å². The number of thiocarbonyl (C=S) groups is 1. The Morgan fingerprint density at radius 2 is 1.86 bits per heavy atom. The summed E-state index contributed by atoms with van der Waals surface area (Å²) in [5, 5.41) is 1.97. The van der Waals surface area contributed by atoms with Crippen LogP contribution in [0.15, 0.2) is 23.1 Å². The van der Waals surface area contributed by atoms with E-state index in [1.54, 1.807) is 0 Å². The number of imide groups is 1. The molecule has 7 nitrogen and oxygen atoms in total. The van der Waals surface area contributed by atoms with Gasteiger partial charge in [-0.05, 0) is 12.1 Å². The minimum Gasteiger partial charge on any atom is -0.389 e. The lowest BCUT2D eigenvalue weighted by Crippen LogP contribution is -2.53. The molecule has 1 aromatic rings. The Morgan fingerprint density at radius 1 is 1.29 bits per heavy atom. The molecule has 1 fully saturated rings. The van der Waals surface area contributed by atoms with Crippen LogP contribution in [0.25, 0.3) is 0 Å². The number of nitrogens with one attached hydrogen (secondary N) is 1. The fraction of sp³-hybridized carbons (Fsp3) is 0.182. The number of benzene rings is 1. The fourth-order valence-electron chi connectivity index (χ4n) is 1.77. The molecule has 0 aromatic heterocycles. The van der Waals surface area contributed by atoms with Crippen LogP contribution in [0.4, 0.5) is 0 Å². The molecular weight excluding hydrogens is 338 g/mol. The first kappa shape index (κ1) is 15.8. The minimum atomic E-state index is -4.11. The molecule has 1 aliphatic rings. The zero-order valence-corrected chi connectivity index (χ0v) is 12.9. The molecule has 1 aliphatic heterocycles. The van der Waals surface area contributed by atoms with E-state index in [-0.39, 0.29) is 14.9 Å². The number of carbonyl (C=O) groups is 2. The second kappa shape index (κ2) is 5.68. The highest BCUT2D eigenvalue weighted by Crippen LogP contribution is 2.26. The topological polar surface area (TPSA) is 110 Å². The van der Waals surface area contributed by atoms with E-state index in [0.717, 1.165) is 4.31 Å². The molecule has 3 N–H and O–H groups in total. The van der Waals surface area contributed by atoms with Gasteiger partial charge in [0.15, 0.2) is 0 Å². The molecule has 0 saturated carbocycles. The number of nitrogens with two attached hydrogens (primary N) is 1. The van der Waals surface area contributed by atoms with E-state index in [1.165, 1.54) is 18.2 Å². The molecule has 0 bridgehead atoms. The molecule has 0 atom stereocenters. The van der Waals surface area contributed by atoms with Gasteiger partial charge >= 0.3 is 0 Å². The third-order valence-electron chi connectivity index (χ3n) is 2.75. The molecule has 1 heterocycles. The van der Waals surface area contributed by atoms with Crippen molar-refractivity contribution >= 4 is 50.6 Å². The van der Waals surface area contributed by atoms with Gasteiger partial charge in [0, 0.05) is 5.56 Å². The Labute approximate surface area is 131 Å². The van der Waals surface area contributed by atoms with Crippen molar-refractivity contribution in [1.29, 1.82) is 0 Å². The van der Waals surface area contributed by atoms with Crippen LogP contribution in [0.2, 0.25) is 5.02 Å². The van der Waals surface area contributed by atoms with Gasteiger partial charge in [-0.25, -0.2) is 8.42 Å². The Balaban J connectivity index is 2.48. The average Bonchev–Trinajstić information content (AvgIpc) is 2.37. The van der Waals surface area contributed by atoms with Crippen LogP contribution in [0.3, 0.4) is 0 Å². The van der Waals surface area contributed by atoms with Gasteiger partial charge in [-0.3, -0.25) is 14.9 Å². The molecule has 10 heteroatoms. The van der Waals surface area contributed by atoms with E-state index in [2.05, 4.69) is 0 Å². The molecular formula is C11H10ClN3O4S2. The molecule has 2 amide bonds. The van der Waals surface area contributed by atoms with Crippen molar-refractivity contribution in [2.24, 2.45) is 5.73 Å². The van der Waals surface area contributed by atoms with Crippen molar-refractivity contribution in [3.8, 4) is 0 Å². The van der Waals surface area contributed by atoms with Gasteiger partial charge in [0.05, 0.1) is 18.1 Å². The molecule has 1 saturated heterocycles. The lowest BCUT2D eigenvalue weighted by molar-refractivity contribution is -0.134. The van der Waals surface area contributed by atoms with Gasteiger partial charge in [0.1, 0.15) is 9.88 Å². The highest BCUT2D eigenvalue weighted by atomic mass is 35.5. The van der Waals surface area contributed by atoms with E-state index in [9.17, 15) is 18.0 Å². The average molecular weight is 348 g/mol. The Morgan fingerprint density at radius 3 is 2.38 bits per heavy atom. The number of nitrogens with zero attached hydrogens (tertiary/aromatic N) is 1. The largest absolute Gasteiger partial charge is 0.389 e. The van der Waals surface area contributed by atoms with Gasteiger partial charge in [-0.15, -0.1) is 0 Å². The van der Waals surface area contributed by atoms with Crippen molar-refractivity contribution in [2.45, 2.75) is 4.90 Å². The number of hydrogen-bond acceptors (Lipinski definition) is 5. The summed E-state index contributed by atoms with van der Waals surface area (Å²) < 4.78 is 25.7. The van der Waals surface area contributed by atoms with E-state index in [0.29, 0.717) is 5.56 Å². The van der Waals surface area contributed by atoms with Gasteiger partial charge in [-0.1, -0.05) is 29.9 Å². The number of halogens is 1. The lowest BCUT2D eigenvalue weighted by atomic mass is 10.2. The van der Waals surface area contributed by atoms with E-state index >= 15 is 0 Å². The second-order valence-electron chi connectivity index (χ2n) is 4.25. The number of amides is 2. The number of sulfonamides is 1.